The van der Waals surface area contributed by atoms with Crippen LogP contribution in [0, 0.1) is 6.92 Å². The van der Waals surface area contributed by atoms with Crippen molar-refractivity contribution in [1.82, 2.24) is 4.98 Å². The van der Waals surface area contributed by atoms with Gasteiger partial charge in [0, 0.05) is 22.7 Å². The summed E-state index contributed by atoms with van der Waals surface area (Å²) in [7, 11) is 0. The van der Waals surface area contributed by atoms with E-state index in [1.807, 2.05) is 18.2 Å². The van der Waals surface area contributed by atoms with E-state index in [1.54, 1.807) is 29.4 Å². The Labute approximate surface area is 154 Å². The molecule has 0 aliphatic heterocycles. The van der Waals surface area contributed by atoms with Crippen LogP contribution in [0.3, 0.4) is 0 Å². The SMILES string of the molecule is CSC[C@H](N)Cc1sc2c(NCc3ccco3)cc(Cl)nc2c1C. The number of nitrogens with two attached hydrogens (primary N) is 1. The smallest absolute Gasteiger partial charge is 0.131 e. The minimum Gasteiger partial charge on any atom is -0.467 e. The highest BCUT2D eigenvalue weighted by Crippen LogP contribution is 2.37. The second-order valence-electron chi connectivity index (χ2n) is 5.67. The van der Waals surface area contributed by atoms with Crippen LogP contribution >= 0.6 is 34.7 Å². The maximum Gasteiger partial charge on any atom is 0.131 e. The monoisotopic (exact) mass is 381 g/mol. The van der Waals surface area contributed by atoms with Gasteiger partial charge in [0.25, 0.3) is 0 Å². The fraction of sp³-hybridized carbons (Fsp3) is 0.353. The van der Waals surface area contributed by atoms with Crippen LogP contribution in [0.15, 0.2) is 28.9 Å². The number of thioether (sulfide) groups is 1. The lowest BCUT2D eigenvalue weighted by Gasteiger charge is -2.08. The molecule has 24 heavy (non-hydrogen) atoms. The number of pyridine rings is 1. The summed E-state index contributed by atoms with van der Waals surface area (Å²) >= 11 is 9.74. The highest BCUT2D eigenvalue weighted by atomic mass is 35.5. The number of thiophene rings is 1. The van der Waals surface area contributed by atoms with Crippen LogP contribution in [0.5, 0.6) is 0 Å². The summed E-state index contributed by atoms with van der Waals surface area (Å²) in [6, 6.07) is 5.85. The van der Waals surface area contributed by atoms with Crippen molar-refractivity contribution >= 4 is 50.6 Å². The summed E-state index contributed by atoms with van der Waals surface area (Å²) in [6.07, 6.45) is 4.62. The van der Waals surface area contributed by atoms with Gasteiger partial charge in [-0.2, -0.15) is 11.8 Å². The Bertz CT molecular complexity index is 817. The fourth-order valence-electron chi connectivity index (χ4n) is 2.62. The van der Waals surface area contributed by atoms with Crippen molar-refractivity contribution in [2.24, 2.45) is 5.73 Å². The summed E-state index contributed by atoms with van der Waals surface area (Å²) in [5.74, 6) is 1.83. The summed E-state index contributed by atoms with van der Waals surface area (Å²) in [4.78, 5) is 5.80. The molecule has 128 valence electrons. The molecule has 1 atom stereocenters. The first-order valence-corrected chi connectivity index (χ1v) is 10.3. The molecular formula is C17H20ClN3OS2. The third kappa shape index (κ3) is 3.88. The first-order valence-electron chi connectivity index (χ1n) is 7.67. The summed E-state index contributed by atoms with van der Waals surface area (Å²) in [5.41, 5.74) is 9.33. The molecule has 0 saturated heterocycles. The standard InChI is InChI=1S/C17H20ClN3OS2/c1-10-14(6-11(19)9-23-2)24-17-13(7-15(18)21-16(10)17)20-8-12-4-3-5-22-12/h3-5,7,11H,6,8-9,19H2,1-2H3,(H,20,21)/t11-/m1/s1. The highest BCUT2D eigenvalue weighted by molar-refractivity contribution is 7.98. The van der Waals surface area contributed by atoms with Crippen LogP contribution in [0.2, 0.25) is 5.15 Å². The zero-order valence-corrected chi connectivity index (χ0v) is 16.0. The van der Waals surface area contributed by atoms with Crippen molar-refractivity contribution in [2.75, 3.05) is 17.3 Å². The van der Waals surface area contributed by atoms with Crippen molar-refractivity contribution in [3.63, 3.8) is 0 Å². The largest absolute Gasteiger partial charge is 0.467 e. The molecule has 0 amide bonds. The van der Waals surface area contributed by atoms with Gasteiger partial charge in [0.1, 0.15) is 10.9 Å². The van der Waals surface area contributed by atoms with Gasteiger partial charge in [-0.1, -0.05) is 11.6 Å². The molecule has 3 N–H and O–H groups in total. The Balaban J connectivity index is 1.91. The van der Waals surface area contributed by atoms with E-state index in [0.29, 0.717) is 11.7 Å². The lowest BCUT2D eigenvalue weighted by atomic mass is 10.1. The van der Waals surface area contributed by atoms with Gasteiger partial charge in [0.15, 0.2) is 0 Å². The van der Waals surface area contributed by atoms with E-state index in [2.05, 4.69) is 23.5 Å². The van der Waals surface area contributed by atoms with Crippen LogP contribution in [0.25, 0.3) is 10.2 Å². The molecule has 0 saturated carbocycles. The molecule has 0 spiro atoms. The van der Waals surface area contributed by atoms with Gasteiger partial charge in [-0.25, -0.2) is 4.98 Å². The maximum atomic E-state index is 6.22. The second kappa shape index (κ2) is 7.78. The number of halogens is 1. The zero-order valence-electron chi connectivity index (χ0n) is 13.6. The van der Waals surface area contributed by atoms with Crippen molar-refractivity contribution in [3.05, 3.63) is 45.8 Å². The molecular weight excluding hydrogens is 362 g/mol. The number of aryl methyl sites for hydroxylation is 1. The average molecular weight is 382 g/mol. The minimum absolute atomic E-state index is 0.154. The van der Waals surface area contributed by atoms with Gasteiger partial charge in [-0.05, 0) is 37.3 Å². The van der Waals surface area contributed by atoms with Gasteiger partial charge in [0.05, 0.1) is 28.7 Å². The molecule has 0 unspecified atom stereocenters. The number of nitrogens with zero attached hydrogens (tertiary/aromatic N) is 1. The van der Waals surface area contributed by atoms with Gasteiger partial charge >= 0.3 is 0 Å². The Morgan fingerprint density at radius 2 is 2.33 bits per heavy atom. The molecule has 0 aliphatic rings. The van der Waals surface area contributed by atoms with Crippen LogP contribution in [0.1, 0.15) is 16.2 Å². The summed E-state index contributed by atoms with van der Waals surface area (Å²) in [6.45, 7) is 2.71. The highest BCUT2D eigenvalue weighted by Gasteiger charge is 2.16. The van der Waals surface area contributed by atoms with Gasteiger partial charge in [-0.3, -0.25) is 0 Å². The Hall–Kier alpha value is -1.21. The number of furan rings is 1. The van der Waals surface area contributed by atoms with Crippen molar-refractivity contribution in [2.45, 2.75) is 25.9 Å². The van der Waals surface area contributed by atoms with Gasteiger partial charge < -0.3 is 15.5 Å². The molecule has 7 heteroatoms. The number of nitrogens with one attached hydrogen (secondary N) is 1. The van der Waals surface area contributed by atoms with Crippen molar-refractivity contribution in [3.8, 4) is 0 Å². The van der Waals surface area contributed by atoms with Crippen LogP contribution in [0.4, 0.5) is 5.69 Å². The number of rotatable bonds is 7. The minimum atomic E-state index is 0.154. The molecule has 3 aromatic heterocycles. The van der Waals surface area contributed by atoms with Gasteiger partial charge in [0.2, 0.25) is 0 Å². The molecule has 3 aromatic rings. The number of anilines is 1. The number of aromatic nitrogens is 1. The number of hydrogen-bond acceptors (Lipinski definition) is 6. The van der Waals surface area contributed by atoms with Crippen LogP contribution in [-0.4, -0.2) is 23.0 Å². The number of fused-ring (bicyclic) bond motifs is 1. The number of hydrogen-bond donors (Lipinski definition) is 2. The molecule has 3 heterocycles. The first-order chi connectivity index (χ1) is 11.6. The average Bonchev–Trinajstić information content (AvgIpc) is 3.15. The molecule has 3 rings (SSSR count). The third-order valence-electron chi connectivity index (χ3n) is 3.80. The van der Waals surface area contributed by atoms with E-state index in [9.17, 15) is 0 Å². The predicted octanol–water partition coefficient (Wildman–Crippen LogP) is 4.70. The van der Waals surface area contributed by atoms with Crippen molar-refractivity contribution < 1.29 is 4.42 Å². The Morgan fingerprint density at radius 3 is 3.04 bits per heavy atom. The topological polar surface area (TPSA) is 64.1 Å². The van der Waals surface area contributed by atoms with Crippen molar-refractivity contribution in [1.29, 1.82) is 0 Å². The van der Waals surface area contributed by atoms with Gasteiger partial charge in [-0.15, -0.1) is 11.3 Å². The predicted molar refractivity (Wildman–Crippen MR) is 105 cm³/mol. The van der Waals surface area contributed by atoms with E-state index in [-0.39, 0.29) is 6.04 Å². The molecule has 4 nitrogen and oxygen atoms in total. The molecule has 0 aliphatic carbocycles. The summed E-state index contributed by atoms with van der Waals surface area (Å²) < 4.78 is 6.50. The molecule has 0 aromatic carbocycles. The van der Waals surface area contributed by atoms with E-state index < -0.39 is 0 Å². The van der Waals surface area contributed by atoms with E-state index in [4.69, 9.17) is 21.8 Å². The normalized spacial score (nSPS) is 12.7. The van der Waals surface area contributed by atoms with E-state index >= 15 is 0 Å². The first kappa shape index (κ1) is 17.6. The maximum absolute atomic E-state index is 6.22. The van der Waals surface area contributed by atoms with Crippen LogP contribution < -0.4 is 11.1 Å². The van der Waals surface area contributed by atoms with Crippen LogP contribution in [-0.2, 0) is 13.0 Å². The third-order valence-corrected chi connectivity index (χ3v) is 6.09. The Morgan fingerprint density at radius 1 is 1.50 bits per heavy atom. The fourth-order valence-corrected chi connectivity index (χ4v) is 4.69. The molecule has 0 bridgehead atoms. The lowest BCUT2D eigenvalue weighted by Crippen LogP contribution is -2.25. The zero-order chi connectivity index (χ0) is 17.1. The van der Waals surface area contributed by atoms with E-state index in [0.717, 1.165) is 33.8 Å². The Kier molecular flexibility index (Phi) is 5.71. The lowest BCUT2D eigenvalue weighted by molar-refractivity contribution is 0.518. The quantitative estimate of drug-likeness (QED) is 0.581. The molecule has 0 radical (unpaired) electrons. The second-order valence-corrected chi connectivity index (χ2v) is 8.08. The van der Waals surface area contributed by atoms with E-state index in [1.165, 1.54) is 10.4 Å². The summed E-state index contributed by atoms with van der Waals surface area (Å²) in [5, 5.41) is 3.90. The molecule has 0 fully saturated rings.